The van der Waals surface area contributed by atoms with Gasteiger partial charge in [0.15, 0.2) is 11.5 Å². The van der Waals surface area contributed by atoms with Crippen molar-refractivity contribution in [1.82, 2.24) is 20.4 Å². The third kappa shape index (κ3) is 6.37. The summed E-state index contributed by atoms with van der Waals surface area (Å²) in [5.41, 5.74) is 3.10. The van der Waals surface area contributed by atoms with E-state index in [-0.39, 0.29) is 18.4 Å². The van der Waals surface area contributed by atoms with Gasteiger partial charge in [-0.05, 0) is 24.6 Å². The molecule has 0 saturated carbocycles. The van der Waals surface area contributed by atoms with Crippen molar-refractivity contribution < 1.29 is 23.5 Å². The van der Waals surface area contributed by atoms with Crippen LogP contribution in [0.4, 0.5) is 0 Å². The number of hydrogen-bond donors (Lipinski definition) is 1. The van der Waals surface area contributed by atoms with Crippen molar-refractivity contribution in [2.75, 3.05) is 47.1 Å². The van der Waals surface area contributed by atoms with Crippen LogP contribution in [0.5, 0.6) is 11.5 Å². The molecule has 1 fully saturated rings. The van der Waals surface area contributed by atoms with Gasteiger partial charge in [0.2, 0.25) is 17.6 Å². The smallest absolute Gasteiger partial charge is 0.227 e. The van der Waals surface area contributed by atoms with Gasteiger partial charge in [-0.3, -0.25) is 9.69 Å². The number of nitrogens with zero attached hydrogens (tertiary/aromatic N) is 3. The Morgan fingerprint density at radius 1 is 1.09 bits per heavy atom. The minimum atomic E-state index is -0.0705. The van der Waals surface area contributed by atoms with Crippen molar-refractivity contribution in [3.63, 3.8) is 0 Å². The van der Waals surface area contributed by atoms with Gasteiger partial charge in [0.05, 0.1) is 33.5 Å². The Bertz CT molecular complexity index is 1110. The van der Waals surface area contributed by atoms with E-state index in [1.807, 2.05) is 49.4 Å². The third-order valence-electron chi connectivity index (χ3n) is 6.12. The predicted octanol–water partition coefficient (Wildman–Crippen LogP) is 3.18. The van der Waals surface area contributed by atoms with Crippen LogP contribution >= 0.6 is 0 Å². The van der Waals surface area contributed by atoms with Gasteiger partial charge >= 0.3 is 0 Å². The molecule has 1 saturated heterocycles. The number of amides is 1. The van der Waals surface area contributed by atoms with Crippen molar-refractivity contribution in [3.05, 3.63) is 59.5 Å². The molecule has 9 heteroatoms. The first-order chi connectivity index (χ1) is 17.1. The molecule has 1 atom stereocenters. The van der Waals surface area contributed by atoms with Crippen LogP contribution in [0.1, 0.15) is 29.5 Å². The van der Waals surface area contributed by atoms with Crippen LogP contribution < -0.4 is 14.8 Å². The van der Waals surface area contributed by atoms with Crippen molar-refractivity contribution in [3.8, 4) is 22.9 Å². The highest BCUT2D eigenvalue weighted by Crippen LogP contribution is 2.32. The fourth-order valence-corrected chi connectivity index (χ4v) is 4.10. The van der Waals surface area contributed by atoms with Crippen LogP contribution in [0.2, 0.25) is 0 Å². The summed E-state index contributed by atoms with van der Waals surface area (Å²) in [5.74, 6) is 2.24. The fraction of sp³-hybridized carbons (Fsp3) is 0.423. The number of methoxy groups -OCH3 is 2. The number of aryl methyl sites for hydroxylation is 2. The minimum Gasteiger partial charge on any atom is -0.493 e. The highest BCUT2D eigenvalue weighted by Gasteiger charge is 2.24. The average Bonchev–Trinajstić information content (AvgIpc) is 3.37. The van der Waals surface area contributed by atoms with E-state index in [9.17, 15) is 4.79 Å². The minimum absolute atomic E-state index is 0.0146. The summed E-state index contributed by atoms with van der Waals surface area (Å²) < 4.78 is 21.7. The fourth-order valence-electron chi connectivity index (χ4n) is 4.10. The summed E-state index contributed by atoms with van der Waals surface area (Å²) in [5, 5.41) is 7.12. The summed E-state index contributed by atoms with van der Waals surface area (Å²) in [6.07, 6.45) is 0.639. The zero-order valence-electron chi connectivity index (χ0n) is 20.5. The molecule has 1 aliphatic heterocycles. The first kappa shape index (κ1) is 24.7. The normalized spacial score (nSPS) is 14.9. The Kier molecular flexibility index (Phi) is 8.33. The number of ether oxygens (including phenoxy) is 3. The van der Waals surface area contributed by atoms with Crippen molar-refractivity contribution in [2.45, 2.75) is 25.8 Å². The van der Waals surface area contributed by atoms with E-state index in [2.05, 4.69) is 20.4 Å². The first-order valence-electron chi connectivity index (χ1n) is 11.8. The maximum absolute atomic E-state index is 12.7. The van der Waals surface area contributed by atoms with Crippen LogP contribution in [0.25, 0.3) is 11.4 Å². The molecule has 0 spiro atoms. The Morgan fingerprint density at radius 3 is 2.54 bits per heavy atom. The average molecular weight is 481 g/mol. The number of nitrogens with one attached hydrogen (secondary N) is 1. The number of morpholine rings is 1. The largest absolute Gasteiger partial charge is 0.493 e. The lowest BCUT2D eigenvalue weighted by molar-refractivity contribution is -0.121. The summed E-state index contributed by atoms with van der Waals surface area (Å²) in [7, 11) is 3.24. The summed E-state index contributed by atoms with van der Waals surface area (Å²) in [6, 6.07) is 13.8. The van der Waals surface area contributed by atoms with Crippen molar-refractivity contribution in [2.24, 2.45) is 0 Å². The van der Waals surface area contributed by atoms with Crippen LogP contribution in [-0.2, 0) is 16.0 Å². The quantitative estimate of drug-likeness (QED) is 0.472. The highest BCUT2D eigenvalue weighted by molar-refractivity contribution is 5.76. The van der Waals surface area contributed by atoms with Crippen LogP contribution in [0, 0.1) is 6.92 Å². The standard InChI is InChI=1S/C26H32N4O5/c1-18-4-6-19(7-5-18)26-28-25(35-29-26)11-10-24(31)27-17-21(30-12-14-34-15-13-30)20-8-9-22(32-2)23(16-20)33-3/h4-9,16,21H,10-15,17H2,1-3H3,(H,27,31). The lowest BCUT2D eigenvalue weighted by Gasteiger charge is -2.35. The van der Waals surface area contributed by atoms with Gasteiger partial charge in [-0.2, -0.15) is 4.98 Å². The molecular weight excluding hydrogens is 448 g/mol. The number of hydrogen-bond acceptors (Lipinski definition) is 8. The molecule has 0 radical (unpaired) electrons. The lowest BCUT2D eigenvalue weighted by atomic mass is 10.0. The summed E-state index contributed by atoms with van der Waals surface area (Å²) in [4.78, 5) is 19.4. The zero-order chi connectivity index (χ0) is 24.6. The molecule has 1 aliphatic rings. The molecule has 0 bridgehead atoms. The second-order valence-corrected chi connectivity index (χ2v) is 8.46. The molecule has 3 aromatic rings. The lowest BCUT2D eigenvalue weighted by Crippen LogP contribution is -2.43. The Labute approximate surface area is 205 Å². The third-order valence-corrected chi connectivity index (χ3v) is 6.12. The number of aromatic nitrogens is 2. The highest BCUT2D eigenvalue weighted by atomic mass is 16.5. The SMILES string of the molecule is COc1ccc(C(CNC(=O)CCc2nc(-c3ccc(C)cc3)no2)N2CCOCC2)cc1OC. The van der Waals surface area contributed by atoms with E-state index >= 15 is 0 Å². The molecule has 0 aliphatic carbocycles. The molecule has 35 heavy (non-hydrogen) atoms. The Morgan fingerprint density at radius 2 is 1.83 bits per heavy atom. The summed E-state index contributed by atoms with van der Waals surface area (Å²) in [6.45, 7) is 5.40. The van der Waals surface area contributed by atoms with Crippen molar-refractivity contribution >= 4 is 5.91 Å². The predicted molar refractivity (Wildman–Crippen MR) is 130 cm³/mol. The Hall–Kier alpha value is -3.43. The van der Waals surface area contributed by atoms with E-state index in [1.165, 1.54) is 0 Å². The second kappa shape index (κ2) is 11.8. The van der Waals surface area contributed by atoms with Crippen LogP contribution in [-0.4, -0.2) is 68.0 Å². The maximum Gasteiger partial charge on any atom is 0.227 e. The molecule has 2 heterocycles. The van der Waals surface area contributed by atoms with E-state index < -0.39 is 0 Å². The molecule has 4 rings (SSSR count). The topological polar surface area (TPSA) is 99.0 Å². The van der Waals surface area contributed by atoms with Crippen molar-refractivity contribution in [1.29, 1.82) is 0 Å². The van der Waals surface area contributed by atoms with E-state index in [4.69, 9.17) is 18.7 Å². The Balaban J connectivity index is 1.37. The van der Waals surface area contributed by atoms with Crippen LogP contribution in [0.15, 0.2) is 47.0 Å². The monoisotopic (exact) mass is 480 g/mol. The van der Waals surface area contributed by atoms with Gasteiger partial charge < -0.3 is 24.1 Å². The maximum atomic E-state index is 12.7. The molecule has 1 aromatic heterocycles. The second-order valence-electron chi connectivity index (χ2n) is 8.46. The molecular formula is C26H32N4O5. The molecule has 1 N–H and O–H groups in total. The molecule has 186 valence electrons. The van der Waals surface area contributed by atoms with E-state index in [0.717, 1.165) is 29.8 Å². The van der Waals surface area contributed by atoms with Gasteiger partial charge in [-0.25, -0.2) is 0 Å². The number of benzene rings is 2. The van der Waals surface area contributed by atoms with Crippen LogP contribution in [0.3, 0.4) is 0 Å². The van der Waals surface area contributed by atoms with Gasteiger partial charge in [-0.15, -0.1) is 0 Å². The number of rotatable bonds is 10. The van der Waals surface area contributed by atoms with E-state index in [1.54, 1.807) is 14.2 Å². The van der Waals surface area contributed by atoms with Gasteiger partial charge in [0.1, 0.15) is 0 Å². The van der Waals surface area contributed by atoms with Gasteiger partial charge in [0, 0.05) is 38.0 Å². The number of carbonyl (C=O) groups is 1. The molecule has 9 nitrogen and oxygen atoms in total. The van der Waals surface area contributed by atoms with Gasteiger partial charge in [0.25, 0.3) is 0 Å². The molecule has 1 amide bonds. The zero-order valence-corrected chi connectivity index (χ0v) is 20.5. The van der Waals surface area contributed by atoms with Gasteiger partial charge in [-0.1, -0.05) is 41.1 Å². The molecule has 1 unspecified atom stereocenters. The molecule has 2 aromatic carbocycles. The summed E-state index contributed by atoms with van der Waals surface area (Å²) >= 11 is 0. The first-order valence-corrected chi connectivity index (χ1v) is 11.8. The van der Waals surface area contributed by atoms with E-state index in [0.29, 0.717) is 49.4 Å². The number of carbonyl (C=O) groups excluding carboxylic acids is 1.